The van der Waals surface area contributed by atoms with E-state index < -0.39 is 0 Å². The van der Waals surface area contributed by atoms with Crippen molar-refractivity contribution in [2.45, 2.75) is 26.3 Å². The highest BCUT2D eigenvalue weighted by Crippen LogP contribution is 2.29. The van der Waals surface area contributed by atoms with Crippen LogP contribution in [0.1, 0.15) is 20.3 Å². The Hall–Kier alpha value is -0.570. The van der Waals surface area contributed by atoms with E-state index in [1.807, 2.05) is 13.8 Å². The van der Waals surface area contributed by atoms with Crippen molar-refractivity contribution < 1.29 is 9.90 Å². The van der Waals surface area contributed by atoms with Crippen LogP contribution in [0, 0.1) is 5.41 Å². The molecule has 0 aromatic heterocycles. The monoisotopic (exact) mass is 143 g/mol. The lowest BCUT2D eigenvalue weighted by Crippen LogP contribution is -2.36. The zero-order valence-electron chi connectivity index (χ0n) is 6.35. The van der Waals surface area contributed by atoms with Crippen molar-refractivity contribution in [1.29, 1.82) is 0 Å². The molecule has 0 radical (unpaired) electrons. The second-order valence-corrected chi connectivity index (χ2v) is 3.47. The molecule has 2 N–H and O–H groups in total. The van der Waals surface area contributed by atoms with Crippen molar-refractivity contribution in [2.75, 3.05) is 6.61 Å². The predicted octanol–water partition coefficient (Wildman–Crippen LogP) is -0.107. The topological polar surface area (TPSA) is 49.3 Å². The van der Waals surface area contributed by atoms with E-state index >= 15 is 0 Å². The van der Waals surface area contributed by atoms with Gasteiger partial charge in [-0.15, -0.1) is 0 Å². The molecule has 1 aliphatic rings. The van der Waals surface area contributed by atoms with Crippen molar-refractivity contribution in [3.8, 4) is 0 Å². The van der Waals surface area contributed by atoms with Crippen molar-refractivity contribution in [3.63, 3.8) is 0 Å². The fraction of sp³-hybridized carbons (Fsp3) is 0.857. The van der Waals surface area contributed by atoms with Gasteiger partial charge in [0.15, 0.2) is 0 Å². The largest absolute Gasteiger partial charge is 0.394 e. The standard InChI is InChI=1S/C7H13NO2/c1-7(2)3-6(10)8-5(7)4-9/h5,9H,3-4H2,1-2H3,(H,8,10)/t5-/m0/s1. The number of hydrogen-bond donors (Lipinski definition) is 2. The molecule has 10 heavy (non-hydrogen) atoms. The van der Waals surface area contributed by atoms with Crippen LogP contribution in [-0.2, 0) is 4.79 Å². The smallest absolute Gasteiger partial charge is 0.220 e. The molecule has 0 unspecified atom stereocenters. The summed E-state index contributed by atoms with van der Waals surface area (Å²) < 4.78 is 0. The summed E-state index contributed by atoms with van der Waals surface area (Å²) in [5.41, 5.74) is -0.0775. The molecule has 1 amide bonds. The molecule has 58 valence electrons. The maximum absolute atomic E-state index is 10.8. The lowest BCUT2D eigenvalue weighted by molar-refractivity contribution is -0.119. The number of aliphatic hydroxyl groups excluding tert-OH is 1. The van der Waals surface area contributed by atoms with E-state index in [4.69, 9.17) is 5.11 Å². The van der Waals surface area contributed by atoms with Crippen molar-refractivity contribution in [1.82, 2.24) is 5.32 Å². The second-order valence-electron chi connectivity index (χ2n) is 3.47. The molecule has 1 atom stereocenters. The molecule has 3 nitrogen and oxygen atoms in total. The SMILES string of the molecule is CC1(C)CC(=O)N[C@H]1CO. The van der Waals surface area contributed by atoms with E-state index in [9.17, 15) is 4.79 Å². The average molecular weight is 143 g/mol. The van der Waals surface area contributed by atoms with Gasteiger partial charge >= 0.3 is 0 Å². The van der Waals surface area contributed by atoms with Gasteiger partial charge in [0.2, 0.25) is 5.91 Å². The third-order valence-corrected chi connectivity index (χ3v) is 2.08. The van der Waals surface area contributed by atoms with Crippen LogP contribution in [0.3, 0.4) is 0 Å². The van der Waals surface area contributed by atoms with Gasteiger partial charge in [0, 0.05) is 6.42 Å². The summed E-state index contributed by atoms with van der Waals surface area (Å²) in [7, 11) is 0. The Morgan fingerprint density at radius 1 is 1.80 bits per heavy atom. The number of amides is 1. The summed E-state index contributed by atoms with van der Waals surface area (Å²) in [6, 6.07) is -0.0556. The summed E-state index contributed by atoms with van der Waals surface area (Å²) in [5.74, 6) is 0.0454. The minimum Gasteiger partial charge on any atom is -0.394 e. The van der Waals surface area contributed by atoms with Gasteiger partial charge in [0.25, 0.3) is 0 Å². The van der Waals surface area contributed by atoms with Crippen LogP contribution < -0.4 is 5.32 Å². The number of nitrogens with one attached hydrogen (secondary N) is 1. The van der Waals surface area contributed by atoms with Gasteiger partial charge in [-0.1, -0.05) is 13.8 Å². The summed E-state index contributed by atoms with van der Waals surface area (Å²) in [6.07, 6.45) is 0.526. The third-order valence-electron chi connectivity index (χ3n) is 2.08. The Morgan fingerprint density at radius 3 is 2.60 bits per heavy atom. The average Bonchev–Trinajstić information content (AvgIpc) is 2.04. The Balaban J connectivity index is 2.67. The Morgan fingerprint density at radius 2 is 2.40 bits per heavy atom. The van der Waals surface area contributed by atoms with Crippen molar-refractivity contribution in [2.24, 2.45) is 5.41 Å². The lowest BCUT2D eigenvalue weighted by Gasteiger charge is -2.22. The number of rotatable bonds is 1. The summed E-state index contributed by atoms with van der Waals surface area (Å²) >= 11 is 0. The summed E-state index contributed by atoms with van der Waals surface area (Å²) in [5, 5.41) is 11.5. The van der Waals surface area contributed by atoms with Crippen LogP contribution in [-0.4, -0.2) is 23.7 Å². The van der Waals surface area contributed by atoms with E-state index in [0.717, 1.165) is 0 Å². The molecule has 0 aromatic rings. The zero-order valence-corrected chi connectivity index (χ0v) is 6.35. The first kappa shape index (κ1) is 7.54. The minimum atomic E-state index is -0.0775. The highest BCUT2D eigenvalue weighted by molar-refractivity contribution is 5.79. The normalized spacial score (nSPS) is 30.3. The predicted molar refractivity (Wildman–Crippen MR) is 37.4 cm³/mol. The Labute approximate surface area is 60.4 Å². The molecule has 0 aliphatic carbocycles. The van der Waals surface area contributed by atoms with Gasteiger partial charge < -0.3 is 10.4 Å². The van der Waals surface area contributed by atoms with Gasteiger partial charge in [-0.3, -0.25) is 4.79 Å². The maximum Gasteiger partial charge on any atom is 0.220 e. The van der Waals surface area contributed by atoms with Crippen LogP contribution in [0.2, 0.25) is 0 Å². The van der Waals surface area contributed by atoms with Crippen LogP contribution >= 0.6 is 0 Å². The number of hydrogen-bond acceptors (Lipinski definition) is 2. The van der Waals surface area contributed by atoms with Crippen LogP contribution in [0.4, 0.5) is 0 Å². The van der Waals surface area contributed by atoms with E-state index in [1.54, 1.807) is 0 Å². The highest BCUT2D eigenvalue weighted by Gasteiger charge is 2.38. The molecule has 0 bridgehead atoms. The van der Waals surface area contributed by atoms with Gasteiger partial charge in [-0.25, -0.2) is 0 Å². The first-order valence-corrected chi connectivity index (χ1v) is 3.46. The van der Waals surface area contributed by atoms with E-state index in [0.29, 0.717) is 6.42 Å². The molecule has 1 aliphatic heterocycles. The molecular weight excluding hydrogens is 130 g/mol. The maximum atomic E-state index is 10.8. The molecule has 0 aromatic carbocycles. The van der Waals surface area contributed by atoms with Gasteiger partial charge in [0.05, 0.1) is 12.6 Å². The molecular formula is C7H13NO2. The van der Waals surface area contributed by atoms with Crippen LogP contribution in [0.5, 0.6) is 0 Å². The zero-order chi connectivity index (χ0) is 7.78. The van der Waals surface area contributed by atoms with E-state index in [-0.39, 0.29) is 24.0 Å². The fourth-order valence-corrected chi connectivity index (χ4v) is 1.27. The van der Waals surface area contributed by atoms with Crippen molar-refractivity contribution >= 4 is 5.91 Å². The van der Waals surface area contributed by atoms with Crippen LogP contribution in [0.15, 0.2) is 0 Å². The van der Waals surface area contributed by atoms with E-state index in [1.165, 1.54) is 0 Å². The Kier molecular flexibility index (Phi) is 1.68. The molecule has 1 rings (SSSR count). The Bertz CT molecular complexity index is 154. The summed E-state index contributed by atoms with van der Waals surface area (Å²) in [4.78, 5) is 10.8. The van der Waals surface area contributed by atoms with E-state index in [2.05, 4.69) is 5.32 Å². The quantitative estimate of drug-likeness (QED) is 0.538. The molecule has 3 heteroatoms. The van der Waals surface area contributed by atoms with Gasteiger partial charge in [-0.05, 0) is 5.41 Å². The molecule has 1 fully saturated rings. The van der Waals surface area contributed by atoms with Gasteiger partial charge in [0.1, 0.15) is 0 Å². The number of aliphatic hydroxyl groups is 1. The number of carbonyl (C=O) groups is 1. The van der Waals surface area contributed by atoms with Crippen LogP contribution in [0.25, 0.3) is 0 Å². The lowest BCUT2D eigenvalue weighted by atomic mass is 9.85. The molecule has 1 saturated heterocycles. The first-order chi connectivity index (χ1) is 4.56. The second kappa shape index (κ2) is 2.23. The summed E-state index contributed by atoms with van der Waals surface area (Å²) in [6.45, 7) is 4.00. The van der Waals surface area contributed by atoms with Gasteiger partial charge in [-0.2, -0.15) is 0 Å². The van der Waals surface area contributed by atoms with Crippen molar-refractivity contribution in [3.05, 3.63) is 0 Å². The minimum absolute atomic E-state index is 0.0404. The number of carbonyl (C=O) groups excluding carboxylic acids is 1. The molecule has 1 heterocycles. The molecule has 0 saturated carbocycles. The fourth-order valence-electron chi connectivity index (χ4n) is 1.27. The highest BCUT2D eigenvalue weighted by atomic mass is 16.3. The first-order valence-electron chi connectivity index (χ1n) is 3.46. The third kappa shape index (κ3) is 1.14. The molecule has 0 spiro atoms.